The number of alkyl halides is 3. The monoisotopic (exact) mass is 249 g/mol. The van der Waals surface area contributed by atoms with Crippen molar-refractivity contribution in [3.05, 3.63) is 23.4 Å². The van der Waals surface area contributed by atoms with Crippen LogP contribution in [0.15, 0.2) is 12.1 Å². The zero-order valence-electron chi connectivity index (χ0n) is 9.42. The van der Waals surface area contributed by atoms with E-state index in [1.165, 1.54) is 6.07 Å². The van der Waals surface area contributed by atoms with Gasteiger partial charge in [-0.1, -0.05) is 0 Å². The molecular weight excluding hydrogens is 235 g/mol. The van der Waals surface area contributed by atoms with Gasteiger partial charge in [0.2, 0.25) is 5.88 Å². The van der Waals surface area contributed by atoms with Crippen molar-refractivity contribution in [3.8, 4) is 5.88 Å². The quantitative estimate of drug-likeness (QED) is 0.815. The van der Waals surface area contributed by atoms with Gasteiger partial charge < -0.3 is 9.84 Å². The zero-order valence-corrected chi connectivity index (χ0v) is 9.42. The van der Waals surface area contributed by atoms with Crippen LogP contribution in [0.25, 0.3) is 0 Å². The molecule has 1 N–H and O–H groups in total. The minimum Gasteiger partial charge on any atom is -0.478 e. The van der Waals surface area contributed by atoms with Gasteiger partial charge in [0.1, 0.15) is 0 Å². The molecule has 0 bridgehead atoms. The van der Waals surface area contributed by atoms with Crippen molar-refractivity contribution in [2.24, 2.45) is 0 Å². The highest BCUT2D eigenvalue weighted by Crippen LogP contribution is 2.21. The number of aliphatic hydroxyl groups is 1. The van der Waals surface area contributed by atoms with Crippen molar-refractivity contribution >= 4 is 0 Å². The fraction of sp³-hybridized carbons (Fsp3) is 0.545. The molecule has 0 radical (unpaired) electrons. The van der Waals surface area contributed by atoms with Crippen LogP contribution in [0.4, 0.5) is 13.2 Å². The molecule has 0 spiro atoms. The van der Waals surface area contributed by atoms with Crippen molar-refractivity contribution in [1.82, 2.24) is 4.98 Å². The van der Waals surface area contributed by atoms with Gasteiger partial charge in [0.15, 0.2) is 0 Å². The molecule has 1 heterocycles. The van der Waals surface area contributed by atoms with Gasteiger partial charge in [0, 0.05) is 18.2 Å². The maximum atomic E-state index is 11.9. The Morgan fingerprint density at radius 3 is 2.65 bits per heavy atom. The molecule has 1 aromatic heterocycles. The number of ether oxygens (including phenoxy) is 1. The first-order valence-corrected chi connectivity index (χ1v) is 5.18. The maximum Gasteiger partial charge on any atom is 0.389 e. The summed E-state index contributed by atoms with van der Waals surface area (Å²) in [6, 6.07) is 3.20. The highest BCUT2D eigenvalue weighted by Gasteiger charge is 2.26. The Bertz CT molecular complexity index is 366. The zero-order chi connectivity index (χ0) is 12.9. The van der Waals surface area contributed by atoms with Crippen LogP contribution < -0.4 is 4.74 Å². The summed E-state index contributed by atoms with van der Waals surface area (Å²) in [4.78, 5) is 4.00. The van der Waals surface area contributed by atoms with E-state index in [2.05, 4.69) is 4.98 Å². The Balaban J connectivity index is 2.44. The van der Waals surface area contributed by atoms with Gasteiger partial charge in [-0.25, -0.2) is 4.98 Å². The number of hydrogen-bond donors (Lipinski definition) is 1. The van der Waals surface area contributed by atoms with Gasteiger partial charge in [-0.2, -0.15) is 13.2 Å². The molecule has 1 rings (SSSR count). The molecule has 0 saturated heterocycles. The second-order valence-corrected chi connectivity index (χ2v) is 3.68. The summed E-state index contributed by atoms with van der Waals surface area (Å²) in [6.07, 6.45) is -5.13. The Morgan fingerprint density at radius 1 is 1.35 bits per heavy atom. The van der Waals surface area contributed by atoms with Gasteiger partial charge in [-0.15, -0.1) is 0 Å². The van der Waals surface area contributed by atoms with Crippen LogP contribution in [-0.4, -0.2) is 22.9 Å². The molecule has 0 aliphatic rings. The minimum atomic E-state index is -4.15. The number of pyridine rings is 1. The summed E-state index contributed by atoms with van der Waals surface area (Å²) < 4.78 is 40.7. The molecule has 17 heavy (non-hydrogen) atoms. The standard InChI is InChI=1S/C11H14F3NO2/c1-8-5-9(7-16)6-10(15-8)17-4-2-3-11(12,13)14/h5-6,16H,2-4,7H2,1H3. The normalized spacial score (nSPS) is 11.6. The molecule has 0 aliphatic heterocycles. The van der Waals surface area contributed by atoms with Crippen LogP contribution >= 0.6 is 0 Å². The summed E-state index contributed by atoms with van der Waals surface area (Å²) in [6.45, 7) is 1.53. The summed E-state index contributed by atoms with van der Waals surface area (Å²) in [5, 5.41) is 8.93. The van der Waals surface area contributed by atoms with E-state index in [1.54, 1.807) is 13.0 Å². The number of nitrogens with zero attached hydrogens (tertiary/aromatic N) is 1. The van der Waals surface area contributed by atoms with Gasteiger partial charge in [0.25, 0.3) is 0 Å². The van der Waals surface area contributed by atoms with Crippen molar-refractivity contribution in [1.29, 1.82) is 0 Å². The molecule has 3 nitrogen and oxygen atoms in total. The van der Waals surface area contributed by atoms with Crippen LogP contribution in [0.1, 0.15) is 24.1 Å². The number of hydrogen-bond acceptors (Lipinski definition) is 3. The average Bonchev–Trinajstić information content (AvgIpc) is 2.22. The molecule has 0 amide bonds. The van der Waals surface area contributed by atoms with Crippen LogP contribution in [0.5, 0.6) is 5.88 Å². The lowest BCUT2D eigenvalue weighted by molar-refractivity contribution is -0.136. The summed E-state index contributed by atoms with van der Waals surface area (Å²) in [7, 11) is 0. The van der Waals surface area contributed by atoms with E-state index in [1.807, 2.05) is 0 Å². The summed E-state index contributed by atoms with van der Waals surface area (Å²) >= 11 is 0. The molecule has 0 fully saturated rings. The topological polar surface area (TPSA) is 42.4 Å². The fourth-order valence-electron chi connectivity index (χ4n) is 1.32. The van der Waals surface area contributed by atoms with E-state index in [-0.39, 0.29) is 25.5 Å². The van der Waals surface area contributed by atoms with E-state index < -0.39 is 12.6 Å². The Hall–Kier alpha value is -1.30. The molecule has 0 unspecified atom stereocenters. The third-order valence-corrected chi connectivity index (χ3v) is 2.03. The average molecular weight is 249 g/mol. The molecule has 0 saturated carbocycles. The lowest BCUT2D eigenvalue weighted by Crippen LogP contribution is -2.10. The van der Waals surface area contributed by atoms with Crippen LogP contribution in [0, 0.1) is 6.92 Å². The molecule has 0 atom stereocenters. The van der Waals surface area contributed by atoms with Gasteiger partial charge in [-0.3, -0.25) is 0 Å². The molecule has 6 heteroatoms. The number of aromatic nitrogens is 1. The Kier molecular flexibility index (Phi) is 4.74. The molecule has 0 aromatic carbocycles. The number of aryl methyl sites for hydroxylation is 1. The molecule has 1 aromatic rings. The number of rotatable bonds is 5. The highest BCUT2D eigenvalue weighted by molar-refractivity contribution is 5.23. The number of halogens is 3. The second kappa shape index (κ2) is 5.86. The van der Waals surface area contributed by atoms with E-state index in [0.717, 1.165) is 0 Å². The predicted octanol–water partition coefficient (Wildman–Crippen LogP) is 2.60. The Morgan fingerprint density at radius 2 is 2.06 bits per heavy atom. The molecule has 96 valence electrons. The second-order valence-electron chi connectivity index (χ2n) is 3.68. The fourth-order valence-corrected chi connectivity index (χ4v) is 1.32. The van der Waals surface area contributed by atoms with Crippen molar-refractivity contribution in [3.63, 3.8) is 0 Å². The predicted molar refractivity (Wildman–Crippen MR) is 55.7 cm³/mol. The third-order valence-electron chi connectivity index (χ3n) is 2.03. The van der Waals surface area contributed by atoms with E-state index in [0.29, 0.717) is 11.3 Å². The van der Waals surface area contributed by atoms with Crippen molar-refractivity contribution in [2.75, 3.05) is 6.61 Å². The first-order chi connectivity index (χ1) is 7.90. The van der Waals surface area contributed by atoms with E-state index in [9.17, 15) is 13.2 Å². The highest BCUT2D eigenvalue weighted by atomic mass is 19.4. The number of aliphatic hydroxyl groups excluding tert-OH is 1. The lowest BCUT2D eigenvalue weighted by Gasteiger charge is -2.09. The van der Waals surface area contributed by atoms with Gasteiger partial charge in [0.05, 0.1) is 13.2 Å². The largest absolute Gasteiger partial charge is 0.478 e. The minimum absolute atomic E-state index is 0.0408. The summed E-state index contributed by atoms with van der Waals surface area (Å²) in [5.41, 5.74) is 1.28. The van der Waals surface area contributed by atoms with E-state index in [4.69, 9.17) is 9.84 Å². The molecule has 0 aliphatic carbocycles. The smallest absolute Gasteiger partial charge is 0.389 e. The van der Waals surface area contributed by atoms with Gasteiger partial charge >= 0.3 is 6.18 Å². The maximum absolute atomic E-state index is 11.9. The first-order valence-electron chi connectivity index (χ1n) is 5.18. The van der Waals surface area contributed by atoms with Crippen LogP contribution in [0.2, 0.25) is 0 Å². The summed E-state index contributed by atoms with van der Waals surface area (Å²) in [5.74, 6) is 0.247. The Labute approximate surface area is 97.2 Å². The molecular formula is C11H14F3NO2. The van der Waals surface area contributed by atoms with Gasteiger partial charge in [-0.05, 0) is 25.0 Å². The van der Waals surface area contributed by atoms with Crippen LogP contribution in [-0.2, 0) is 6.61 Å². The first kappa shape index (κ1) is 13.8. The van der Waals surface area contributed by atoms with E-state index >= 15 is 0 Å². The van der Waals surface area contributed by atoms with Crippen LogP contribution in [0.3, 0.4) is 0 Å². The third kappa shape index (κ3) is 5.53. The lowest BCUT2D eigenvalue weighted by atomic mass is 10.2. The SMILES string of the molecule is Cc1cc(CO)cc(OCCCC(F)(F)F)n1. The van der Waals surface area contributed by atoms with Crippen molar-refractivity contribution in [2.45, 2.75) is 32.5 Å². The van der Waals surface area contributed by atoms with Crippen molar-refractivity contribution < 1.29 is 23.0 Å².